The molecule has 468 valence electrons. The number of hydrogen-bond donors (Lipinski definition) is 0. The molecule has 0 saturated heterocycles. The maximum Gasteiger partial charge on any atom is 0.306 e. The maximum atomic E-state index is 13.0. The van der Waals surface area contributed by atoms with Crippen LogP contribution < -0.4 is 0 Å². The molecular weight excluding hydrogens is 997 g/mol. The Balaban J connectivity index is 4.36. The Kier molecular flexibility index (Phi) is 66.2. The second kappa shape index (κ2) is 69.1. The minimum atomic E-state index is -0.791. The van der Waals surface area contributed by atoms with Crippen LogP contribution in [-0.2, 0) is 28.6 Å². The highest BCUT2D eigenvalue weighted by Crippen LogP contribution is 2.17. The summed E-state index contributed by atoms with van der Waals surface area (Å²) in [7, 11) is 0. The highest BCUT2D eigenvalue weighted by atomic mass is 16.6. The Morgan fingerprint density at radius 2 is 0.481 bits per heavy atom. The fraction of sp³-hybridized carbons (Fsp3) is 0.773. The first-order valence-corrected chi connectivity index (χ1v) is 35.1. The number of unbranched alkanes of at least 4 members (excludes halogenated alkanes) is 39. The van der Waals surface area contributed by atoms with Gasteiger partial charge in [-0.15, -0.1) is 0 Å². The van der Waals surface area contributed by atoms with Crippen molar-refractivity contribution in [1.29, 1.82) is 0 Å². The maximum absolute atomic E-state index is 13.0. The summed E-state index contributed by atoms with van der Waals surface area (Å²) in [5.41, 5.74) is 0. The Morgan fingerprint density at radius 3 is 0.765 bits per heavy atom. The van der Waals surface area contributed by atoms with Gasteiger partial charge in [-0.25, -0.2) is 0 Å². The molecule has 1 unspecified atom stereocenters. The van der Waals surface area contributed by atoms with Gasteiger partial charge in [0.15, 0.2) is 6.10 Å². The second-order valence-corrected chi connectivity index (χ2v) is 23.4. The van der Waals surface area contributed by atoms with E-state index in [9.17, 15) is 14.4 Å². The molecule has 0 rings (SSSR count). The van der Waals surface area contributed by atoms with Crippen molar-refractivity contribution < 1.29 is 28.6 Å². The van der Waals surface area contributed by atoms with Gasteiger partial charge in [0.25, 0.3) is 0 Å². The van der Waals surface area contributed by atoms with Crippen LogP contribution in [0.15, 0.2) is 85.1 Å². The predicted molar refractivity (Wildman–Crippen MR) is 353 cm³/mol. The number of allylic oxidation sites excluding steroid dienone is 14. The van der Waals surface area contributed by atoms with Crippen molar-refractivity contribution in [3.63, 3.8) is 0 Å². The van der Waals surface area contributed by atoms with Crippen molar-refractivity contribution in [3.05, 3.63) is 85.1 Å². The summed E-state index contributed by atoms with van der Waals surface area (Å²) < 4.78 is 17.0. The first kappa shape index (κ1) is 77.6. The van der Waals surface area contributed by atoms with E-state index in [1.165, 1.54) is 212 Å². The summed E-state index contributed by atoms with van der Waals surface area (Å²) in [4.78, 5) is 38.5. The van der Waals surface area contributed by atoms with E-state index in [-0.39, 0.29) is 31.1 Å². The molecule has 0 aliphatic heterocycles. The van der Waals surface area contributed by atoms with Crippen molar-refractivity contribution >= 4 is 17.9 Å². The van der Waals surface area contributed by atoms with Crippen LogP contribution in [0.5, 0.6) is 0 Å². The number of carbonyl (C=O) groups is 3. The molecule has 1 atom stereocenters. The van der Waals surface area contributed by atoms with E-state index in [2.05, 4.69) is 106 Å². The fourth-order valence-electron chi connectivity index (χ4n) is 10.1. The first-order chi connectivity index (χ1) is 40.0. The van der Waals surface area contributed by atoms with Crippen molar-refractivity contribution in [3.8, 4) is 0 Å². The molecule has 6 heteroatoms. The average molecular weight is 1130 g/mol. The summed E-state index contributed by atoms with van der Waals surface area (Å²) in [6.45, 7) is 6.54. The Labute approximate surface area is 503 Å². The number of esters is 3. The highest BCUT2D eigenvalue weighted by molar-refractivity contribution is 5.71. The molecular formula is C75H132O6. The molecule has 0 N–H and O–H groups in total. The van der Waals surface area contributed by atoms with Crippen LogP contribution in [0.25, 0.3) is 0 Å². The van der Waals surface area contributed by atoms with Crippen molar-refractivity contribution in [2.24, 2.45) is 0 Å². The van der Waals surface area contributed by atoms with Crippen LogP contribution in [0.3, 0.4) is 0 Å². The summed E-state index contributed by atoms with van der Waals surface area (Å²) >= 11 is 0. The van der Waals surface area contributed by atoms with Crippen LogP contribution in [0.1, 0.15) is 355 Å². The van der Waals surface area contributed by atoms with E-state index in [1.54, 1.807) is 0 Å². The smallest absolute Gasteiger partial charge is 0.306 e. The van der Waals surface area contributed by atoms with Crippen LogP contribution in [0.2, 0.25) is 0 Å². The standard InChI is InChI=1S/C75H132O6/c1-4-7-10-13-16-19-22-25-28-31-33-35-36-37-38-40-41-44-47-50-53-56-59-62-65-68-74(77)80-71-72(70-79-73(76)67-64-61-58-55-52-49-46-43-30-27-24-21-18-15-12-9-6-3)81-75(78)69-66-63-60-57-54-51-48-45-42-39-34-32-29-26-23-20-17-14-11-8-5-2/h9,12,18,21,23,26-27,30-34,46,49,72H,4-8,10-11,13-17,19-20,22,24-25,28-29,35-45,47-48,50-71H2,1-3H3/b12-9-,21-18-,26-23-,30-27-,33-31-,34-32-,49-46-. The van der Waals surface area contributed by atoms with Gasteiger partial charge >= 0.3 is 17.9 Å². The number of hydrogen-bond acceptors (Lipinski definition) is 6. The van der Waals surface area contributed by atoms with Crippen molar-refractivity contribution in [2.45, 2.75) is 361 Å². The molecule has 0 aromatic carbocycles. The van der Waals surface area contributed by atoms with Gasteiger partial charge < -0.3 is 14.2 Å². The van der Waals surface area contributed by atoms with E-state index in [4.69, 9.17) is 14.2 Å². The largest absolute Gasteiger partial charge is 0.462 e. The zero-order valence-electron chi connectivity index (χ0n) is 53.8. The van der Waals surface area contributed by atoms with Crippen LogP contribution >= 0.6 is 0 Å². The molecule has 0 bridgehead atoms. The molecule has 0 fully saturated rings. The predicted octanol–water partition coefficient (Wildman–Crippen LogP) is 24.2. The van der Waals surface area contributed by atoms with Gasteiger partial charge in [-0.2, -0.15) is 0 Å². The van der Waals surface area contributed by atoms with E-state index < -0.39 is 6.10 Å². The Hall–Kier alpha value is -3.41. The molecule has 0 saturated carbocycles. The lowest BCUT2D eigenvalue weighted by atomic mass is 10.0. The summed E-state index contributed by atoms with van der Waals surface area (Å²) in [6, 6.07) is 0. The Morgan fingerprint density at radius 1 is 0.259 bits per heavy atom. The third-order valence-electron chi connectivity index (χ3n) is 15.4. The topological polar surface area (TPSA) is 78.9 Å². The third kappa shape index (κ3) is 67.3. The van der Waals surface area contributed by atoms with E-state index >= 15 is 0 Å². The SMILES string of the molecule is CC/C=C\C/C=C\C/C=C\C/C=C\CCCCCCC(=O)OCC(COC(=O)CCCCCCCCCCCCCCC/C=C\CCCCCCCCCC)OC(=O)CCCCCCCCCCC/C=C\C/C=C\CCCCCCC. The number of ether oxygens (including phenoxy) is 3. The van der Waals surface area contributed by atoms with Gasteiger partial charge in [0.1, 0.15) is 13.2 Å². The lowest BCUT2D eigenvalue weighted by molar-refractivity contribution is -0.167. The average Bonchev–Trinajstić information content (AvgIpc) is 3.47. The molecule has 0 aromatic rings. The lowest BCUT2D eigenvalue weighted by Gasteiger charge is -2.18. The van der Waals surface area contributed by atoms with E-state index in [0.29, 0.717) is 19.3 Å². The Bertz CT molecular complexity index is 1530. The molecule has 0 spiro atoms. The van der Waals surface area contributed by atoms with Crippen LogP contribution in [0, 0.1) is 0 Å². The van der Waals surface area contributed by atoms with Gasteiger partial charge in [0.2, 0.25) is 0 Å². The van der Waals surface area contributed by atoms with Gasteiger partial charge in [0.05, 0.1) is 0 Å². The van der Waals surface area contributed by atoms with Gasteiger partial charge in [0, 0.05) is 19.3 Å². The molecule has 0 amide bonds. The molecule has 81 heavy (non-hydrogen) atoms. The van der Waals surface area contributed by atoms with E-state index in [0.717, 1.165) is 103 Å². The van der Waals surface area contributed by atoms with Crippen molar-refractivity contribution in [2.75, 3.05) is 13.2 Å². The van der Waals surface area contributed by atoms with Crippen LogP contribution in [-0.4, -0.2) is 37.2 Å². The fourth-order valence-corrected chi connectivity index (χ4v) is 10.1. The number of carbonyl (C=O) groups excluding carboxylic acids is 3. The highest BCUT2D eigenvalue weighted by Gasteiger charge is 2.19. The molecule has 0 aromatic heterocycles. The minimum Gasteiger partial charge on any atom is -0.462 e. The third-order valence-corrected chi connectivity index (χ3v) is 15.4. The summed E-state index contributed by atoms with van der Waals surface area (Å²) in [5.74, 6) is -0.896. The van der Waals surface area contributed by atoms with Gasteiger partial charge in [-0.1, -0.05) is 305 Å². The normalized spacial score (nSPS) is 12.6. The quantitative estimate of drug-likeness (QED) is 0.0261. The second-order valence-electron chi connectivity index (χ2n) is 23.4. The van der Waals surface area contributed by atoms with Gasteiger partial charge in [-0.3, -0.25) is 14.4 Å². The molecule has 0 aliphatic carbocycles. The van der Waals surface area contributed by atoms with Crippen LogP contribution in [0.4, 0.5) is 0 Å². The molecule has 6 nitrogen and oxygen atoms in total. The summed E-state index contributed by atoms with van der Waals surface area (Å²) in [5, 5.41) is 0. The van der Waals surface area contributed by atoms with Gasteiger partial charge in [-0.05, 0) is 116 Å². The minimum absolute atomic E-state index is 0.0844. The number of rotatable bonds is 64. The summed E-state index contributed by atoms with van der Waals surface area (Å²) in [6.07, 6.45) is 91.8. The zero-order chi connectivity index (χ0) is 58.5. The molecule has 0 radical (unpaired) electrons. The molecule has 0 heterocycles. The van der Waals surface area contributed by atoms with E-state index in [1.807, 2.05) is 0 Å². The molecule has 0 aliphatic rings. The monoisotopic (exact) mass is 1130 g/mol. The van der Waals surface area contributed by atoms with Crippen molar-refractivity contribution in [1.82, 2.24) is 0 Å². The zero-order valence-corrected chi connectivity index (χ0v) is 53.8. The lowest BCUT2D eigenvalue weighted by Crippen LogP contribution is -2.30. The first-order valence-electron chi connectivity index (χ1n) is 35.1.